The molecule has 0 radical (unpaired) electrons. The lowest BCUT2D eigenvalue weighted by molar-refractivity contribution is 0.249. The molecule has 1 unspecified atom stereocenters. The van der Waals surface area contributed by atoms with Gasteiger partial charge in [0.25, 0.3) is 0 Å². The van der Waals surface area contributed by atoms with Crippen molar-refractivity contribution in [2.45, 2.75) is 45.8 Å². The first kappa shape index (κ1) is 22.1. The number of guanidine groups is 1. The lowest BCUT2D eigenvalue weighted by atomic mass is 10.2. The predicted molar refractivity (Wildman–Crippen MR) is 122 cm³/mol. The second-order valence-electron chi connectivity index (χ2n) is 6.38. The van der Waals surface area contributed by atoms with E-state index in [1.807, 2.05) is 15.9 Å². The molecule has 0 aliphatic carbocycles. The zero-order valence-electron chi connectivity index (χ0n) is 16.1. The summed E-state index contributed by atoms with van der Waals surface area (Å²) in [5, 5.41) is 17.2. The van der Waals surface area contributed by atoms with E-state index < -0.39 is 0 Å². The SMILES string of the molecule is CCNC(=NCc1nncn1CC)NCC(c1cccs1)N1CCCC1.I. The molecule has 3 rings (SSSR count). The first-order valence-corrected chi connectivity index (χ1v) is 10.4. The van der Waals surface area contributed by atoms with Crippen molar-refractivity contribution in [2.24, 2.45) is 4.99 Å². The second kappa shape index (κ2) is 11.6. The number of nitrogens with zero attached hydrogens (tertiary/aromatic N) is 5. The third-order valence-corrected chi connectivity index (χ3v) is 5.65. The number of likely N-dealkylation sites (tertiary alicyclic amines) is 1. The van der Waals surface area contributed by atoms with Gasteiger partial charge in [0.1, 0.15) is 12.9 Å². The minimum atomic E-state index is 0. The maximum atomic E-state index is 4.70. The Morgan fingerprint density at radius 2 is 2.11 bits per heavy atom. The van der Waals surface area contributed by atoms with Crippen molar-refractivity contribution < 1.29 is 0 Å². The number of aromatic nitrogens is 3. The number of nitrogens with one attached hydrogen (secondary N) is 2. The van der Waals surface area contributed by atoms with E-state index in [0.717, 1.165) is 31.4 Å². The van der Waals surface area contributed by atoms with E-state index in [1.165, 1.54) is 30.8 Å². The highest BCUT2D eigenvalue weighted by Gasteiger charge is 2.24. The Kier molecular flexibility index (Phi) is 9.49. The van der Waals surface area contributed by atoms with E-state index in [1.54, 1.807) is 6.33 Å². The van der Waals surface area contributed by atoms with Gasteiger partial charge in [-0.2, -0.15) is 0 Å². The van der Waals surface area contributed by atoms with Gasteiger partial charge in [-0.25, -0.2) is 4.99 Å². The molecule has 0 saturated carbocycles. The van der Waals surface area contributed by atoms with Gasteiger partial charge in [0, 0.05) is 24.5 Å². The van der Waals surface area contributed by atoms with Crippen LogP contribution in [0.1, 0.15) is 43.4 Å². The molecule has 1 aliphatic rings. The van der Waals surface area contributed by atoms with E-state index in [-0.39, 0.29) is 24.0 Å². The fourth-order valence-corrected chi connectivity index (χ4v) is 4.16. The second-order valence-corrected chi connectivity index (χ2v) is 7.36. The molecule has 2 N–H and O–H groups in total. The van der Waals surface area contributed by atoms with Gasteiger partial charge in [-0.3, -0.25) is 4.90 Å². The van der Waals surface area contributed by atoms with Crippen LogP contribution in [0, 0.1) is 0 Å². The molecule has 1 saturated heterocycles. The van der Waals surface area contributed by atoms with Crippen LogP contribution in [0.25, 0.3) is 0 Å². The van der Waals surface area contributed by atoms with E-state index >= 15 is 0 Å². The summed E-state index contributed by atoms with van der Waals surface area (Å²) >= 11 is 1.84. The molecule has 150 valence electrons. The monoisotopic (exact) mass is 503 g/mol. The van der Waals surface area contributed by atoms with Crippen molar-refractivity contribution in [3.8, 4) is 0 Å². The zero-order chi connectivity index (χ0) is 18.2. The molecule has 0 amide bonds. The Hall–Kier alpha value is -1.20. The van der Waals surface area contributed by atoms with Gasteiger partial charge in [0.2, 0.25) is 0 Å². The minimum absolute atomic E-state index is 0. The molecule has 9 heteroatoms. The number of thiophene rings is 1. The Morgan fingerprint density at radius 3 is 2.78 bits per heavy atom. The number of aryl methyl sites for hydroxylation is 1. The summed E-state index contributed by atoms with van der Waals surface area (Å²) < 4.78 is 2.02. The van der Waals surface area contributed by atoms with Gasteiger partial charge in [-0.05, 0) is 51.2 Å². The highest BCUT2D eigenvalue weighted by molar-refractivity contribution is 14.0. The summed E-state index contributed by atoms with van der Waals surface area (Å²) in [7, 11) is 0. The fraction of sp³-hybridized carbons (Fsp3) is 0.611. The zero-order valence-corrected chi connectivity index (χ0v) is 19.2. The lowest BCUT2D eigenvalue weighted by Crippen LogP contribution is -2.42. The molecule has 1 fully saturated rings. The number of hydrogen-bond acceptors (Lipinski definition) is 5. The average molecular weight is 503 g/mol. The van der Waals surface area contributed by atoms with Crippen LogP contribution in [0.4, 0.5) is 0 Å². The van der Waals surface area contributed by atoms with Crippen LogP contribution in [0.2, 0.25) is 0 Å². The van der Waals surface area contributed by atoms with Crippen molar-refractivity contribution in [1.29, 1.82) is 0 Å². The van der Waals surface area contributed by atoms with Crippen LogP contribution in [0.5, 0.6) is 0 Å². The van der Waals surface area contributed by atoms with Crippen LogP contribution in [-0.2, 0) is 13.1 Å². The molecule has 0 aromatic carbocycles. The summed E-state index contributed by atoms with van der Waals surface area (Å²) in [5.41, 5.74) is 0. The highest BCUT2D eigenvalue weighted by Crippen LogP contribution is 2.27. The quantitative estimate of drug-likeness (QED) is 0.330. The standard InChI is InChI=1S/C18H29N7S.HI/c1-3-19-18(21-13-17-23-22-14-24(17)4-2)20-12-15(16-8-7-11-26-16)25-9-5-6-10-25;/h7-8,11,14-15H,3-6,9-10,12-13H2,1-2H3,(H2,19,20,21);1H. The summed E-state index contributed by atoms with van der Waals surface area (Å²) in [6.07, 6.45) is 4.34. The molecule has 1 atom stereocenters. The van der Waals surface area contributed by atoms with Crippen LogP contribution in [-0.4, -0.2) is 51.8 Å². The molecule has 0 bridgehead atoms. The molecule has 3 heterocycles. The smallest absolute Gasteiger partial charge is 0.191 e. The first-order valence-electron chi connectivity index (χ1n) is 9.48. The fourth-order valence-electron chi connectivity index (χ4n) is 3.29. The van der Waals surface area contributed by atoms with Crippen LogP contribution in [0.15, 0.2) is 28.8 Å². The lowest BCUT2D eigenvalue weighted by Gasteiger charge is -2.27. The van der Waals surface area contributed by atoms with Crippen molar-refractivity contribution in [2.75, 3.05) is 26.2 Å². The van der Waals surface area contributed by atoms with E-state index in [4.69, 9.17) is 4.99 Å². The van der Waals surface area contributed by atoms with Gasteiger partial charge >= 0.3 is 0 Å². The molecule has 1 aliphatic heterocycles. The minimum Gasteiger partial charge on any atom is -0.357 e. The third-order valence-electron chi connectivity index (χ3n) is 4.68. The van der Waals surface area contributed by atoms with E-state index in [2.05, 4.69) is 57.1 Å². The predicted octanol–water partition coefficient (Wildman–Crippen LogP) is 2.87. The number of rotatable bonds is 8. The first-order chi connectivity index (χ1) is 12.8. The number of hydrogen-bond donors (Lipinski definition) is 2. The molecule has 7 nitrogen and oxygen atoms in total. The summed E-state index contributed by atoms with van der Waals surface area (Å²) in [4.78, 5) is 8.70. The van der Waals surface area contributed by atoms with Gasteiger partial charge in [-0.1, -0.05) is 6.07 Å². The normalized spacial score (nSPS) is 16.1. The molecule has 27 heavy (non-hydrogen) atoms. The average Bonchev–Trinajstić information content (AvgIpc) is 3.42. The Balaban J connectivity index is 0.00000261. The largest absolute Gasteiger partial charge is 0.357 e. The van der Waals surface area contributed by atoms with Gasteiger partial charge in [-0.15, -0.1) is 45.5 Å². The van der Waals surface area contributed by atoms with Crippen LogP contribution in [0.3, 0.4) is 0 Å². The summed E-state index contributed by atoms with van der Waals surface area (Å²) in [6, 6.07) is 4.78. The van der Waals surface area contributed by atoms with Crippen molar-refractivity contribution in [1.82, 2.24) is 30.3 Å². The molecular formula is C18H30IN7S. The highest BCUT2D eigenvalue weighted by atomic mass is 127. The van der Waals surface area contributed by atoms with E-state index in [9.17, 15) is 0 Å². The number of halogens is 1. The van der Waals surface area contributed by atoms with Crippen molar-refractivity contribution in [3.63, 3.8) is 0 Å². The van der Waals surface area contributed by atoms with Crippen molar-refractivity contribution in [3.05, 3.63) is 34.5 Å². The molecule has 2 aromatic heterocycles. The maximum absolute atomic E-state index is 4.70. The van der Waals surface area contributed by atoms with Crippen molar-refractivity contribution >= 4 is 41.3 Å². The summed E-state index contributed by atoms with van der Waals surface area (Å²) in [5.74, 6) is 1.72. The van der Waals surface area contributed by atoms with Gasteiger partial charge in [0.15, 0.2) is 11.8 Å². The third kappa shape index (κ3) is 6.15. The Bertz CT molecular complexity index is 680. The number of aliphatic imine (C=N–C) groups is 1. The molecular weight excluding hydrogens is 473 g/mol. The van der Waals surface area contributed by atoms with Gasteiger partial charge in [0.05, 0.1) is 6.04 Å². The Labute approximate surface area is 182 Å². The van der Waals surface area contributed by atoms with E-state index in [0.29, 0.717) is 12.6 Å². The maximum Gasteiger partial charge on any atom is 0.191 e. The molecule has 0 spiro atoms. The summed E-state index contributed by atoms with van der Waals surface area (Å²) in [6.45, 7) is 9.60. The Morgan fingerprint density at radius 1 is 1.30 bits per heavy atom. The van der Waals surface area contributed by atoms with Crippen LogP contribution >= 0.6 is 35.3 Å². The topological polar surface area (TPSA) is 70.4 Å². The molecule has 2 aromatic rings. The van der Waals surface area contributed by atoms with Crippen LogP contribution < -0.4 is 10.6 Å². The van der Waals surface area contributed by atoms with Gasteiger partial charge < -0.3 is 15.2 Å².